The molecule has 1 aliphatic heterocycles. The fraction of sp³-hybridized carbons (Fsp3) is 0.933. The van der Waals surface area contributed by atoms with Gasteiger partial charge in [-0.05, 0) is 60.7 Å². The molecule has 4 aliphatic carbocycles. The summed E-state index contributed by atoms with van der Waals surface area (Å²) in [7, 11) is 0. The number of carbonyl (C=O) groups excluding carboxylic acids is 1. The number of fused-ring (bicyclic) bond motifs is 12. The second-order valence-electron chi connectivity index (χ2n) is 7.41. The lowest BCUT2D eigenvalue weighted by atomic mass is 9.62. The highest BCUT2D eigenvalue weighted by molar-refractivity contribution is 5.76. The summed E-state index contributed by atoms with van der Waals surface area (Å²) < 4.78 is 5.34. The average molecular weight is 232 g/mol. The Kier molecular flexibility index (Phi) is 1.51. The molecule has 0 radical (unpaired) electrons. The molecule has 0 spiro atoms. The van der Waals surface area contributed by atoms with Gasteiger partial charge in [-0.15, -0.1) is 0 Å². The van der Waals surface area contributed by atoms with E-state index < -0.39 is 0 Å². The monoisotopic (exact) mass is 232 g/mol. The van der Waals surface area contributed by atoms with Crippen molar-refractivity contribution >= 4 is 5.97 Å². The van der Waals surface area contributed by atoms with Crippen LogP contribution < -0.4 is 0 Å². The van der Waals surface area contributed by atoms with Gasteiger partial charge < -0.3 is 4.74 Å². The lowest BCUT2D eigenvalue weighted by Crippen LogP contribution is -2.40. The van der Waals surface area contributed by atoms with Crippen molar-refractivity contribution in [2.75, 3.05) is 6.61 Å². The Morgan fingerprint density at radius 1 is 1.00 bits per heavy atom. The van der Waals surface area contributed by atoms with Crippen molar-refractivity contribution in [3.05, 3.63) is 0 Å². The highest BCUT2D eigenvalue weighted by Gasteiger charge is 2.69. The zero-order chi connectivity index (χ0) is 11.3. The first-order valence-corrected chi connectivity index (χ1v) is 7.42. The number of cyclic esters (lactones) is 1. The minimum atomic E-state index is 0.150. The number of hydrogen-bond donors (Lipinski definition) is 0. The molecule has 2 heteroatoms. The Labute approximate surface area is 102 Å². The van der Waals surface area contributed by atoms with Gasteiger partial charge in [0.25, 0.3) is 0 Å². The van der Waals surface area contributed by atoms with E-state index in [1.54, 1.807) is 0 Å². The fourth-order valence-corrected chi connectivity index (χ4v) is 6.93. The topological polar surface area (TPSA) is 26.3 Å². The summed E-state index contributed by atoms with van der Waals surface area (Å²) in [5, 5.41) is 0. The van der Waals surface area contributed by atoms with Crippen molar-refractivity contribution in [1.82, 2.24) is 0 Å². The summed E-state index contributed by atoms with van der Waals surface area (Å²) >= 11 is 0. The van der Waals surface area contributed by atoms with Crippen molar-refractivity contribution in [2.24, 2.45) is 53.3 Å². The van der Waals surface area contributed by atoms with Crippen LogP contribution in [0.2, 0.25) is 0 Å². The minimum Gasteiger partial charge on any atom is -0.465 e. The SMILES string of the molecule is CC1CC2C[C@H]1C1C3CC(C4C(=O)OCC34)C21. The average Bonchev–Trinajstić information content (AvgIpc) is 2.99. The molecule has 0 aromatic rings. The van der Waals surface area contributed by atoms with E-state index >= 15 is 0 Å². The largest absolute Gasteiger partial charge is 0.465 e. The van der Waals surface area contributed by atoms with Gasteiger partial charge in [-0.2, -0.15) is 0 Å². The van der Waals surface area contributed by atoms with Crippen LogP contribution in [-0.2, 0) is 9.53 Å². The molecule has 8 unspecified atom stereocenters. The third-order valence-electron chi connectivity index (χ3n) is 7.16. The Morgan fingerprint density at radius 2 is 1.88 bits per heavy atom. The predicted molar refractivity (Wildman–Crippen MR) is 61.9 cm³/mol. The minimum absolute atomic E-state index is 0.150. The van der Waals surface area contributed by atoms with Crippen molar-refractivity contribution < 1.29 is 9.53 Å². The zero-order valence-corrected chi connectivity index (χ0v) is 10.3. The maximum absolute atomic E-state index is 11.9. The molecule has 1 saturated heterocycles. The molecule has 0 aromatic carbocycles. The van der Waals surface area contributed by atoms with E-state index in [0.29, 0.717) is 17.8 Å². The molecule has 5 fully saturated rings. The molecule has 4 saturated carbocycles. The number of rotatable bonds is 0. The van der Waals surface area contributed by atoms with Gasteiger partial charge in [-0.25, -0.2) is 0 Å². The second kappa shape index (κ2) is 2.73. The molecular formula is C15H20O2. The summed E-state index contributed by atoms with van der Waals surface area (Å²) in [5.74, 6) is 7.44. The Balaban J connectivity index is 1.57. The summed E-state index contributed by atoms with van der Waals surface area (Å²) in [6, 6.07) is 0. The van der Waals surface area contributed by atoms with Crippen LogP contribution in [0.3, 0.4) is 0 Å². The molecule has 17 heavy (non-hydrogen) atoms. The first-order chi connectivity index (χ1) is 8.25. The van der Waals surface area contributed by atoms with E-state index in [1.165, 1.54) is 19.3 Å². The molecule has 9 atom stereocenters. The van der Waals surface area contributed by atoms with Gasteiger partial charge in [-0.3, -0.25) is 4.79 Å². The second-order valence-corrected chi connectivity index (χ2v) is 7.41. The quantitative estimate of drug-likeness (QED) is 0.473. The lowest BCUT2D eigenvalue weighted by molar-refractivity contribution is -0.143. The van der Waals surface area contributed by atoms with Crippen LogP contribution in [0.5, 0.6) is 0 Å². The number of esters is 1. The molecule has 92 valence electrons. The third kappa shape index (κ3) is 0.880. The van der Waals surface area contributed by atoms with Crippen molar-refractivity contribution in [3.63, 3.8) is 0 Å². The Hall–Kier alpha value is -0.530. The van der Waals surface area contributed by atoms with Crippen LogP contribution >= 0.6 is 0 Å². The molecular weight excluding hydrogens is 212 g/mol. The first-order valence-electron chi connectivity index (χ1n) is 7.42. The van der Waals surface area contributed by atoms with E-state index in [0.717, 1.165) is 42.1 Å². The van der Waals surface area contributed by atoms with Gasteiger partial charge in [0.2, 0.25) is 0 Å². The maximum atomic E-state index is 11.9. The van der Waals surface area contributed by atoms with E-state index in [1.807, 2.05) is 0 Å². The van der Waals surface area contributed by atoms with Crippen LogP contribution in [0.15, 0.2) is 0 Å². The zero-order valence-electron chi connectivity index (χ0n) is 10.3. The van der Waals surface area contributed by atoms with E-state index in [2.05, 4.69) is 6.92 Å². The molecule has 5 aliphatic rings. The molecule has 1 heterocycles. The lowest BCUT2D eigenvalue weighted by Gasteiger charge is -2.41. The summed E-state index contributed by atoms with van der Waals surface area (Å²) in [6.45, 7) is 3.21. The fourth-order valence-electron chi connectivity index (χ4n) is 6.93. The predicted octanol–water partition coefficient (Wildman–Crippen LogP) is 2.33. The summed E-state index contributed by atoms with van der Waals surface area (Å²) in [4.78, 5) is 11.9. The summed E-state index contributed by atoms with van der Waals surface area (Å²) in [6.07, 6.45) is 4.29. The number of hydrogen-bond acceptors (Lipinski definition) is 2. The first kappa shape index (κ1) is 9.41. The Bertz CT molecular complexity index is 404. The molecule has 0 amide bonds. The van der Waals surface area contributed by atoms with Crippen molar-refractivity contribution in [2.45, 2.75) is 26.2 Å². The molecule has 5 rings (SSSR count). The van der Waals surface area contributed by atoms with Crippen LogP contribution in [0.1, 0.15) is 26.2 Å². The normalized spacial score (nSPS) is 66.2. The van der Waals surface area contributed by atoms with Crippen molar-refractivity contribution in [1.29, 1.82) is 0 Å². The van der Waals surface area contributed by atoms with Gasteiger partial charge in [-0.1, -0.05) is 6.92 Å². The highest BCUT2D eigenvalue weighted by Crippen LogP contribution is 2.72. The van der Waals surface area contributed by atoms with Gasteiger partial charge >= 0.3 is 5.97 Å². The third-order valence-corrected chi connectivity index (χ3v) is 7.16. The van der Waals surface area contributed by atoms with Gasteiger partial charge in [0.15, 0.2) is 0 Å². The molecule has 0 aromatic heterocycles. The van der Waals surface area contributed by atoms with Crippen molar-refractivity contribution in [3.8, 4) is 0 Å². The van der Waals surface area contributed by atoms with Gasteiger partial charge in [0.1, 0.15) is 0 Å². The van der Waals surface area contributed by atoms with Crippen LogP contribution in [0.25, 0.3) is 0 Å². The van der Waals surface area contributed by atoms with Crippen LogP contribution in [0.4, 0.5) is 0 Å². The summed E-state index contributed by atoms with van der Waals surface area (Å²) in [5.41, 5.74) is 0. The Morgan fingerprint density at radius 3 is 2.76 bits per heavy atom. The highest BCUT2D eigenvalue weighted by atomic mass is 16.5. The van der Waals surface area contributed by atoms with Crippen LogP contribution in [-0.4, -0.2) is 12.6 Å². The van der Waals surface area contributed by atoms with Gasteiger partial charge in [0.05, 0.1) is 12.5 Å². The standard InChI is InChI=1S/C15H20O2/c1-6-2-7-3-8(6)13-9-4-10(12(7)13)14-11(9)5-17-15(14)16/h6-14H,2-5H2,1H3/t6?,7?,8-,9?,10?,11?,12?,13?,14?/m1/s1. The number of ether oxygens (including phenoxy) is 1. The molecule has 0 N–H and O–H groups in total. The van der Waals surface area contributed by atoms with E-state index in [-0.39, 0.29) is 5.97 Å². The molecule has 4 bridgehead atoms. The smallest absolute Gasteiger partial charge is 0.309 e. The van der Waals surface area contributed by atoms with Gasteiger partial charge in [0, 0.05) is 5.92 Å². The maximum Gasteiger partial charge on any atom is 0.309 e. The van der Waals surface area contributed by atoms with Crippen LogP contribution in [0, 0.1) is 53.3 Å². The van der Waals surface area contributed by atoms with E-state index in [9.17, 15) is 4.79 Å². The molecule has 2 nitrogen and oxygen atoms in total. The number of carbonyl (C=O) groups is 1. The van der Waals surface area contributed by atoms with E-state index in [4.69, 9.17) is 4.74 Å².